The second-order valence-electron chi connectivity index (χ2n) is 8.11. The van der Waals surface area contributed by atoms with Crippen LogP contribution in [-0.4, -0.2) is 54.3 Å². The number of benzene rings is 1. The smallest absolute Gasteiger partial charge is 0.238 e. The van der Waals surface area contributed by atoms with Gasteiger partial charge >= 0.3 is 0 Å². The second kappa shape index (κ2) is 8.00. The van der Waals surface area contributed by atoms with Crippen LogP contribution in [-0.2, 0) is 9.59 Å². The summed E-state index contributed by atoms with van der Waals surface area (Å²) in [6.07, 6.45) is 0. The average Bonchev–Trinajstić information content (AvgIpc) is 2.54. The number of rotatable bonds is 4. The van der Waals surface area contributed by atoms with Gasteiger partial charge in [0.2, 0.25) is 11.8 Å². The number of amides is 2. The van der Waals surface area contributed by atoms with Crippen LogP contribution in [0.1, 0.15) is 46.1 Å². The summed E-state index contributed by atoms with van der Waals surface area (Å²) in [4.78, 5) is 28.7. The lowest BCUT2D eigenvalue weighted by Gasteiger charge is -2.37. The van der Waals surface area contributed by atoms with Gasteiger partial charge in [0.05, 0.1) is 6.54 Å². The van der Waals surface area contributed by atoms with E-state index in [-0.39, 0.29) is 17.2 Å². The molecule has 0 atom stereocenters. The van der Waals surface area contributed by atoms with Crippen LogP contribution >= 0.6 is 0 Å². The molecule has 0 unspecified atom stereocenters. The first-order chi connectivity index (χ1) is 11.7. The molecule has 1 aliphatic heterocycles. The maximum atomic E-state index is 12.4. The highest BCUT2D eigenvalue weighted by Crippen LogP contribution is 2.23. The van der Waals surface area contributed by atoms with Gasteiger partial charge in [-0.1, -0.05) is 52.8 Å². The molecular formula is C20H31N3O2. The SMILES string of the molecule is CC(C)c1ccccc1NC(=O)CN1CCN(C(=O)C(C)(C)C)CC1. The molecule has 0 aliphatic carbocycles. The van der Waals surface area contributed by atoms with Gasteiger partial charge in [0.1, 0.15) is 0 Å². The maximum absolute atomic E-state index is 12.4. The Morgan fingerprint density at radius 2 is 1.68 bits per heavy atom. The number of nitrogens with one attached hydrogen (secondary N) is 1. The van der Waals surface area contributed by atoms with Crippen LogP contribution in [0.2, 0.25) is 0 Å². The maximum Gasteiger partial charge on any atom is 0.238 e. The molecular weight excluding hydrogens is 314 g/mol. The van der Waals surface area contributed by atoms with Crippen molar-refractivity contribution < 1.29 is 9.59 Å². The molecule has 1 aliphatic rings. The van der Waals surface area contributed by atoms with Crippen molar-refractivity contribution in [3.05, 3.63) is 29.8 Å². The van der Waals surface area contributed by atoms with E-state index in [1.165, 1.54) is 0 Å². The number of carbonyl (C=O) groups is 2. The molecule has 2 amide bonds. The first-order valence-corrected chi connectivity index (χ1v) is 9.09. The quantitative estimate of drug-likeness (QED) is 0.913. The van der Waals surface area contributed by atoms with Crippen LogP contribution in [0.3, 0.4) is 0 Å². The lowest BCUT2D eigenvalue weighted by molar-refractivity contribution is -0.141. The summed E-state index contributed by atoms with van der Waals surface area (Å²) in [7, 11) is 0. The van der Waals surface area contributed by atoms with E-state index in [9.17, 15) is 9.59 Å². The number of hydrogen-bond acceptors (Lipinski definition) is 3. The molecule has 0 aromatic heterocycles. The first kappa shape index (κ1) is 19.4. The fraction of sp³-hybridized carbons (Fsp3) is 0.600. The molecule has 1 N–H and O–H groups in total. The number of carbonyl (C=O) groups excluding carboxylic acids is 2. The number of para-hydroxylation sites is 1. The van der Waals surface area contributed by atoms with Crippen molar-refractivity contribution >= 4 is 17.5 Å². The minimum atomic E-state index is -0.347. The Balaban J connectivity index is 1.86. The standard InChI is InChI=1S/C20H31N3O2/c1-15(2)16-8-6-7-9-17(16)21-18(24)14-22-10-12-23(13-11-22)19(25)20(3,4)5/h6-9,15H,10-14H2,1-5H3,(H,21,24). The molecule has 1 aromatic rings. The number of piperazine rings is 1. The van der Waals surface area contributed by atoms with Gasteiger partial charge in [-0.3, -0.25) is 14.5 Å². The van der Waals surface area contributed by atoms with Crippen LogP contribution < -0.4 is 5.32 Å². The number of anilines is 1. The van der Waals surface area contributed by atoms with E-state index in [1.54, 1.807) is 0 Å². The van der Waals surface area contributed by atoms with Gasteiger partial charge in [0, 0.05) is 37.3 Å². The molecule has 1 aromatic carbocycles. The third-order valence-corrected chi connectivity index (χ3v) is 4.53. The van der Waals surface area contributed by atoms with Crippen molar-refractivity contribution in [1.29, 1.82) is 0 Å². The molecule has 138 valence electrons. The van der Waals surface area contributed by atoms with Gasteiger partial charge in [-0.05, 0) is 17.5 Å². The summed E-state index contributed by atoms with van der Waals surface area (Å²) < 4.78 is 0. The Kier molecular flexibility index (Phi) is 6.22. The predicted molar refractivity (Wildman–Crippen MR) is 102 cm³/mol. The van der Waals surface area contributed by atoms with Crippen molar-refractivity contribution in [3.63, 3.8) is 0 Å². The predicted octanol–water partition coefficient (Wildman–Crippen LogP) is 2.94. The van der Waals surface area contributed by atoms with E-state index in [4.69, 9.17) is 0 Å². The van der Waals surface area contributed by atoms with Crippen molar-refractivity contribution in [2.24, 2.45) is 5.41 Å². The number of hydrogen-bond donors (Lipinski definition) is 1. The highest BCUT2D eigenvalue weighted by atomic mass is 16.2. The van der Waals surface area contributed by atoms with Gasteiger partial charge < -0.3 is 10.2 Å². The van der Waals surface area contributed by atoms with Gasteiger partial charge in [0.15, 0.2) is 0 Å². The molecule has 0 spiro atoms. The van der Waals surface area contributed by atoms with Crippen LogP contribution in [0.25, 0.3) is 0 Å². The third-order valence-electron chi connectivity index (χ3n) is 4.53. The van der Waals surface area contributed by atoms with Crippen molar-refractivity contribution in [1.82, 2.24) is 9.80 Å². The zero-order valence-electron chi connectivity index (χ0n) is 16.1. The van der Waals surface area contributed by atoms with Crippen LogP contribution in [0, 0.1) is 5.41 Å². The largest absolute Gasteiger partial charge is 0.340 e. The lowest BCUT2D eigenvalue weighted by Crippen LogP contribution is -2.52. The fourth-order valence-corrected chi connectivity index (χ4v) is 3.09. The molecule has 0 bridgehead atoms. The van der Waals surface area contributed by atoms with Crippen molar-refractivity contribution in [2.75, 3.05) is 38.0 Å². The normalized spacial score (nSPS) is 16.2. The van der Waals surface area contributed by atoms with E-state index in [0.29, 0.717) is 25.6 Å². The lowest BCUT2D eigenvalue weighted by atomic mass is 9.94. The summed E-state index contributed by atoms with van der Waals surface area (Å²) in [6.45, 7) is 13.3. The van der Waals surface area contributed by atoms with E-state index < -0.39 is 0 Å². The van der Waals surface area contributed by atoms with E-state index in [0.717, 1.165) is 24.3 Å². The van der Waals surface area contributed by atoms with Crippen LogP contribution in [0.15, 0.2) is 24.3 Å². The summed E-state index contributed by atoms with van der Waals surface area (Å²) in [6, 6.07) is 7.94. The van der Waals surface area contributed by atoms with E-state index >= 15 is 0 Å². The van der Waals surface area contributed by atoms with Crippen LogP contribution in [0.4, 0.5) is 5.69 Å². The fourth-order valence-electron chi connectivity index (χ4n) is 3.09. The van der Waals surface area contributed by atoms with Gasteiger partial charge in [-0.2, -0.15) is 0 Å². The van der Waals surface area contributed by atoms with Crippen molar-refractivity contribution in [3.8, 4) is 0 Å². The van der Waals surface area contributed by atoms with E-state index in [2.05, 4.69) is 30.1 Å². The molecule has 1 saturated heterocycles. The minimum absolute atomic E-state index is 0.00342. The summed E-state index contributed by atoms with van der Waals surface area (Å²) in [5, 5.41) is 3.04. The number of nitrogens with zero attached hydrogens (tertiary/aromatic N) is 2. The Bertz CT molecular complexity index is 612. The Morgan fingerprint density at radius 3 is 2.24 bits per heavy atom. The second-order valence-corrected chi connectivity index (χ2v) is 8.11. The Morgan fingerprint density at radius 1 is 1.08 bits per heavy atom. The molecule has 25 heavy (non-hydrogen) atoms. The molecule has 0 saturated carbocycles. The summed E-state index contributed by atoms with van der Waals surface area (Å²) >= 11 is 0. The van der Waals surface area contributed by atoms with E-state index in [1.807, 2.05) is 43.9 Å². The zero-order chi connectivity index (χ0) is 18.6. The van der Waals surface area contributed by atoms with Crippen LogP contribution in [0.5, 0.6) is 0 Å². The first-order valence-electron chi connectivity index (χ1n) is 9.09. The van der Waals surface area contributed by atoms with Gasteiger partial charge in [-0.25, -0.2) is 0 Å². The molecule has 1 fully saturated rings. The third kappa shape index (κ3) is 5.30. The summed E-state index contributed by atoms with van der Waals surface area (Å²) in [5.74, 6) is 0.551. The molecule has 5 heteroatoms. The van der Waals surface area contributed by atoms with Crippen molar-refractivity contribution in [2.45, 2.75) is 40.5 Å². The Labute approximate surface area is 151 Å². The topological polar surface area (TPSA) is 52.7 Å². The highest BCUT2D eigenvalue weighted by molar-refractivity contribution is 5.93. The monoisotopic (exact) mass is 345 g/mol. The van der Waals surface area contributed by atoms with Gasteiger partial charge in [-0.15, -0.1) is 0 Å². The molecule has 0 radical (unpaired) electrons. The summed E-state index contributed by atoms with van der Waals surface area (Å²) in [5.41, 5.74) is 1.69. The zero-order valence-corrected chi connectivity index (χ0v) is 16.1. The molecule has 1 heterocycles. The molecule has 2 rings (SSSR count). The minimum Gasteiger partial charge on any atom is -0.340 e. The highest BCUT2D eigenvalue weighted by Gasteiger charge is 2.30. The average molecular weight is 345 g/mol. The Hall–Kier alpha value is -1.88. The van der Waals surface area contributed by atoms with Gasteiger partial charge in [0.25, 0.3) is 0 Å². The molecule has 5 nitrogen and oxygen atoms in total.